The van der Waals surface area contributed by atoms with E-state index in [-0.39, 0.29) is 22.7 Å². The predicted molar refractivity (Wildman–Crippen MR) is 171 cm³/mol. The molecule has 0 bridgehead atoms. The molecule has 0 radical (unpaired) electrons. The number of carbonyl (C=O) groups excluding carboxylic acids is 1. The number of hydrogen-bond donors (Lipinski definition) is 3. The first-order valence-electron chi connectivity index (χ1n) is 11.7. The topological polar surface area (TPSA) is 147 Å². The first-order chi connectivity index (χ1) is 19.8. The molecule has 0 aliphatic rings. The third-order valence-electron chi connectivity index (χ3n) is 5.24. The molecule has 9 nitrogen and oxygen atoms in total. The van der Waals surface area contributed by atoms with Gasteiger partial charge in [0.1, 0.15) is 0 Å². The number of carboxylic acids is 3. The van der Waals surface area contributed by atoms with E-state index in [1.54, 1.807) is 25.1 Å². The van der Waals surface area contributed by atoms with Gasteiger partial charge >= 0.3 is 23.9 Å². The van der Waals surface area contributed by atoms with Gasteiger partial charge in [-0.1, -0.05) is 49.3 Å². The maximum atomic E-state index is 12.0. The van der Waals surface area contributed by atoms with Crippen LogP contribution in [0.1, 0.15) is 27.8 Å². The Labute approximate surface area is 261 Å². The van der Waals surface area contributed by atoms with Crippen LogP contribution in [0.4, 0.5) is 0 Å². The van der Waals surface area contributed by atoms with Crippen molar-refractivity contribution < 1.29 is 44.3 Å². The molecule has 42 heavy (non-hydrogen) atoms. The van der Waals surface area contributed by atoms with Gasteiger partial charge in [-0.05, 0) is 42.3 Å². The fourth-order valence-electron chi connectivity index (χ4n) is 3.49. The van der Waals surface area contributed by atoms with E-state index in [0.717, 1.165) is 43.0 Å². The number of carbonyl (C=O) groups is 4. The van der Waals surface area contributed by atoms with E-state index in [0.29, 0.717) is 30.7 Å². The Kier molecular flexibility index (Phi) is 11.6. The number of allylic oxidation sites excluding steroid dienone is 1. The van der Waals surface area contributed by atoms with Crippen LogP contribution in [0.5, 0.6) is 0 Å². The summed E-state index contributed by atoms with van der Waals surface area (Å²) in [5.74, 6) is -3.94. The molecule has 3 rings (SSSR count). The SMILES string of the molecule is C=C(SC(=C)c1cc(CC(=O)O)c(-c2ccc(-c3sc(/C(=C/C)SC(=C)C(=O)OOC)cc3CC(=O)O)s2)s1)C(=O)O. The monoisotopic (exact) mass is 664 g/mol. The summed E-state index contributed by atoms with van der Waals surface area (Å²) >= 11 is 6.00. The fraction of sp³-hybridized carbons (Fsp3) is 0.143. The molecule has 14 heteroatoms. The first kappa shape index (κ1) is 33.1. The van der Waals surface area contributed by atoms with Crippen molar-refractivity contribution in [3.05, 3.63) is 80.8 Å². The molecule has 0 spiro atoms. The molecule has 3 heterocycles. The summed E-state index contributed by atoms with van der Waals surface area (Å²) in [4.78, 5) is 60.8. The van der Waals surface area contributed by atoms with Crippen LogP contribution in [-0.4, -0.2) is 46.3 Å². The Balaban J connectivity index is 2.01. The van der Waals surface area contributed by atoms with Gasteiger partial charge in [-0.15, -0.1) is 34.0 Å². The number of aliphatic carboxylic acids is 3. The second kappa shape index (κ2) is 14.7. The third kappa shape index (κ3) is 8.33. The second-order valence-corrected chi connectivity index (χ2v) is 13.7. The van der Waals surface area contributed by atoms with Crippen molar-refractivity contribution >= 4 is 91.2 Å². The molecule has 3 aromatic heterocycles. The largest absolute Gasteiger partial charge is 0.481 e. The minimum Gasteiger partial charge on any atom is -0.481 e. The van der Waals surface area contributed by atoms with Crippen LogP contribution in [-0.2, 0) is 41.8 Å². The quantitative estimate of drug-likeness (QED) is 0.0844. The first-order valence-corrected chi connectivity index (χ1v) is 15.8. The van der Waals surface area contributed by atoms with Crippen LogP contribution in [0.2, 0.25) is 0 Å². The van der Waals surface area contributed by atoms with E-state index >= 15 is 0 Å². The highest BCUT2D eigenvalue weighted by molar-refractivity contribution is 8.13. The summed E-state index contributed by atoms with van der Waals surface area (Å²) in [6, 6.07) is 7.14. The molecule has 0 aliphatic carbocycles. The van der Waals surface area contributed by atoms with Crippen molar-refractivity contribution in [3.8, 4) is 19.5 Å². The molecule has 0 unspecified atom stereocenters. The lowest BCUT2D eigenvalue weighted by molar-refractivity contribution is -0.249. The molecule has 0 amide bonds. The van der Waals surface area contributed by atoms with Gasteiger partial charge in [-0.2, -0.15) is 4.89 Å². The summed E-state index contributed by atoms with van der Waals surface area (Å²) in [6.45, 7) is 13.0. The van der Waals surface area contributed by atoms with Crippen molar-refractivity contribution in [1.82, 2.24) is 0 Å². The van der Waals surface area contributed by atoms with Crippen LogP contribution in [0.15, 0.2) is 59.9 Å². The van der Waals surface area contributed by atoms with E-state index in [4.69, 9.17) is 5.11 Å². The van der Waals surface area contributed by atoms with E-state index in [2.05, 4.69) is 29.5 Å². The Morgan fingerprint density at radius 1 is 0.833 bits per heavy atom. The maximum absolute atomic E-state index is 12.0. The van der Waals surface area contributed by atoms with Gasteiger partial charge in [0.25, 0.3) is 0 Å². The Hall–Kier alpha value is -3.40. The molecule has 0 saturated carbocycles. The summed E-state index contributed by atoms with van der Waals surface area (Å²) in [5.41, 5.74) is 1.13. The van der Waals surface area contributed by atoms with Gasteiger partial charge in [0.05, 0.1) is 29.8 Å². The zero-order valence-electron chi connectivity index (χ0n) is 22.3. The van der Waals surface area contributed by atoms with E-state index in [9.17, 15) is 29.4 Å². The number of carboxylic acid groups (broad SMARTS) is 3. The summed E-state index contributed by atoms with van der Waals surface area (Å²) < 4.78 is 0. The molecule has 3 N–H and O–H groups in total. The molecule has 0 atom stereocenters. The van der Waals surface area contributed by atoms with E-state index in [1.807, 2.05) is 12.1 Å². The van der Waals surface area contributed by atoms with E-state index in [1.165, 1.54) is 41.1 Å². The lowest BCUT2D eigenvalue weighted by atomic mass is 10.1. The molecule has 220 valence electrons. The molecule has 0 aromatic carbocycles. The van der Waals surface area contributed by atoms with Crippen LogP contribution in [0.25, 0.3) is 29.3 Å². The molecular weight excluding hydrogens is 641 g/mol. The minimum absolute atomic E-state index is 0.0873. The van der Waals surface area contributed by atoms with Crippen molar-refractivity contribution in [3.63, 3.8) is 0 Å². The van der Waals surface area contributed by atoms with Crippen molar-refractivity contribution in [2.24, 2.45) is 0 Å². The lowest BCUT2D eigenvalue weighted by Crippen LogP contribution is -2.03. The Morgan fingerprint density at radius 3 is 1.83 bits per heavy atom. The van der Waals surface area contributed by atoms with Gasteiger partial charge in [0, 0.05) is 39.1 Å². The van der Waals surface area contributed by atoms with Gasteiger partial charge < -0.3 is 15.3 Å². The number of thioether (sulfide) groups is 2. The fourth-order valence-corrected chi connectivity index (χ4v) is 8.69. The van der Waals surface area contributed by atoms with Crippen molar-refractivity contribution in [1.29, 1.82) is 0 Å². The van der Waals surface area contributed by atoms with E-state index < -0.39 is 23.9 Å². The van der Waals surface area contributed by atoms with Gasteiger partial charge in [-0.3, -0.25) is 14.5 Å². The molecule has 3 aromatic rings. The molecule has 0 aliphatic heterocycles. The lowest BCUT2D eigenvalue weighted by Gasteiger charge is -2.05. The van der Waals surface area contributed by atoms with Crippen molar-refractivity contribution in [2.75, 3.05) is 7.11 Å². The smallest absolute Gasteiger partial charge is 0.379 e. The summed E-state index contributed by atoms with van der Waals surface area (Å²) in [5, 5.41) is 28.2. The zero-order chi connectivity index (χ0) is 31.1. The van der Waals surface area contributed by atoms with Crippen LogP contribution in [0, 0.1) is 0 Å². The average molecular weight is 665 g/mol. The Bertz CT molecular complexity index is 1620. The number of thiophene rings is 3. The minimum atomic E-state index is -1.17. The van der Waals surface area contributed by atoms with Crippen LogP contribution in [0.3, 0.4) is 0 Å². The highest BCUT2D eigenvalue weighted by atomic mass is 32.2. The van der Waals surface area contributed by atoms with Crippen LogP contribution < -0.4 is 0 Å². The third-order valence-corrected chi connectivity index (χ3v) is 11.4. The number of rotatable bonds is 15. The molecule has 0 fully saturated rings. The molecular formula is C28H24O9S5. The Morgan fingerprint density at radius 2 is 1.36 bits per heavy atom. The van der Waals surface area contributed by atoms with Gasteiger partial charge in [-0.25, -0.2) is 9.59 Å². The average Bonchev–Trinajstić information content (AvgIpc) is 3.65. The highest BCUT2D eigenvalue weighted by Gasteiger charge is 2.22. The zero-order valence-corrected chi connectivity index (χ0v) is 26.3. The molecule has 0 saturated heterocycles. The predicted octanol–water partition coefficient (Wildman–Crippen LogP) is 7.47. The van der Waals surface area contributed by atoms with Crippen LogP contribution >= 0.6 is 57.5 Å². The maximum Gasteiger partial charge on any atom is 0.379 e. The summed E-state index contributed by atoms with van der Waals surface area (Å²) in [6.07, 6.45) is 1.30. The van der Waals surface area contributed by atoms with Crippen molar-refractivity contribution in [2.45, 2.75) is 19.8 Å². The van der Waals surface area contributed by atoms with Gasteiger partial charge in [0.15, 0.2) is 0 Å². The number of hydrogen-bond acceptors (Lipinski definition) is 11. The van der Waals surface area contributed by atoms with Gasteiger partial charge in [0.2, 0.25) is 0 Å². The normalized spacial score (nSPS) is 11.2. The second-order valence-electron chi connectivity index (χ2n) is 8.20. The standard InChI is InChI=1S/C28H24O9S5/c1-6-18(39-15(4)28(35)37-36-5)22-10-17(12-24(31)32)26(42-22)20-8-7-19(40-20)25-16(11-23(29)30)9-21(41-25)13(2)38-14(3)27(33)34/h6-10H,2-4,11-12H2,1,5H3,(H,29,30)(H,31,32)(H,33,34)/b18-6-. The summed E-state index contributed by atoms with van der Waals surface area (Å²) in [7, 11) is 1.21. The highest BCUT2D eigenvalue weighted by Crippen LogP contribution is 2.48.